The fourth-order valence-corrected chi connectivity index (χ4v) is 4.09. The number of carbonyl (C=O) groups excluding carboxylic acids is 1. The lowest BCUT2D eigenvalue weighted by Gasteiger charge is -2.28. The minimum absolute atomic E-state index is 0.149. The van der Waals surface area contributed by atoms with Crippen molar-refractivity contribution in [2.24, 2.45) is 5.92 Å². The molecule has 3 heterocycles. The molecule has 0 saturated heterocycles. The summed E-state index contributed by atoms with van der Waals surface area (Å²) in [6.45, 7) is 4.62. The number of amides is 1. The molecular weight excluding hydrogens is 364 g/mol. The zero-order chi connectivity index (χ0) is 20.2. The van der Waals surface area contributed by atoms with Gasteiger partial charge in [0.1, 0.15) is 5.69 Å². The number of rotatable bonds is 5. The lowest BCUT2D eigenvalue weighted by Crippen LogP contribution is -2.31. The molecule has 2 N–H and O–H groups in total. The summed E-state index contributed by atoms with van der Waals surface area (Å²) in [7, 11) is 0. The molecule has 150 valence electrons. The Labute approximate surface area is 170 Å². The Bertz CT molecular complexity index is 973. The van der Waals surface area contributed by atoms with Crippen LogP contribution in [-0.2, 0) is 0 Å². The Morgan fingerprint density at radius 3 is 2.62 bits per heavy atom. The fraction of sp³-hybridized carbons (Fsp3) is 0.409. The molecule has 29 heavy (non-hydrogen) atoms. The number of pyridine rings is 1. The summed E-state index contributed by atoms with van der Waals surface area (Å²) in [4.78, 5) is 24.7. The number of H-pyrrole nitrogens is 1. The number of nitrogens with zero attached hydrogens (tertiary/aromatic N) is 4. The van der Waals surface area contributed by atoms with E-state index in [0.29, 0.717) is 24.1 Å². The van der Waals surface area contributed by atoms with Crippen molar-refractivity contribution in [3.63, 3.8) is 0 Å². The van der Waals surface area contributed by atoms with Gasteiger partial charge in [0.05, 0.1) is 18.1 Å². The monoisotopic (exact) mass is 390 g/mol. The highest BCUT2D eigenvalue weighted by atomic mass is 16.1. The minimum Gasteiger partial charge on any atom is -0.350 e. The molecule has 4 rings (SSSR count). The van der Waals surface area contributed by atoms with Crippen LogP contribution in [0.4, 0.5) is 0 Å². The largest absolute Gasteiger partial charge is 0.350 e. The third-order valence-corrected chi connectivity index (χ3v) is 5.80. The van der Waals surface area contributed by atoms with Crippen molar-refractivity contribution >= 4 is 5.91 Å². The van der Waals surface area contributed by atoms with Gasteiger partial charge >= 0.3 is 0 Å². The SMILES string of the molecule is Cc1cnc(C(=O)NCC2CCC(c3[nH]ncc3-c3ccncc3C)CC2)cn1. The lowest BCUT2D eigenvalue weighted by molar-refractivity contribution is 0.0937. The molecule has 7 nitrogen and oxygen atoms in total. The first-order valence-electron chi connectivity index (χ1n) is 10.1. The molecule has 1 aliphatic carbocycles. The summed E-state index contributed by atoms with van der Waals surface area (Å²) < 4.78 is 0. The number of carbonyl (C=O) groups is 1. The Morgan fingerprint density at radius 2 is 1.90 bits per heavy atom. The second-order valence-corrected chi connectivity index (χ2v) is 7.86. The zero-order valence-corrected chi connectivity index (χ0v) is 16.9. The van der Waals surface area contributed by atoms with Gasteiger partial charge in [-0.25, -0.2) is 4.98 Å². The predicted octanol–water partition coefficient (Wildman–Crippen LogP) is 3.58. The molecule has 1 saturated carbocycles. The van der Waals surface area contributed by atoms with Crippen molar-refractivity contribution < 1.29 is 4.79 Å². The Balaban J connectivity index is 1.34. The van der Waals surface area contributed by atoms with Crippen LogP contribution in [0.5, 0.6) is 0 Å². The molecule has 3 aromatic heterocycles. The number of nitrogens with one attached hydrogen (secondary N) is 2. The zero-order valence-electron chi connectivity index (χ0n) is 16.9. The highest BCUT2D eigenvalue weighted by Crippen LogP contribution is 2.39. The average Bonchev–Trinajstić information content (AvgIpc) is 3.23. The van der Waals surface area contributed by atoms with Crippen molar-refractivity contribution in [3.05, 3.63) is 59.7 Å². The molecule has 0 atom stereocenters. The molecular formula is C22H26N6O. The number of aromatic nitrogens is 5. The van der Waals surface area contributed by atoms with Crippen LogP contribution in [0.1, 0.15) is 59.0 Å². The Morgan fingerprint density at radius 1 is 1.07 bits per heavy atom. The molecule has 1 amide bonds. The van der Waals surface area contributed by atoms with Crippen LogP contribution in [0.3, 0.4) is 0 Å². The quantitative estimate of drug-likeness (QED) is 0.694. The van der Waals surface area contributed by atoms with E-state index in [1.807, 2.05) is 25.5 Å². The molecule has 0 spiro atoms. The maximum atomic E-state index is 12.3. The highest BCUT2D eigenvalue weighted by Gasteiger charge is 2.26. The summed E-state index contributed by atoms with van der Waals surface area (Å²) in [5, 5.41) is 10.6. The maximum Gasteiger partial charge on any atom is 0.271 e. The first kappa shape index (κ1) is 19.2. The van der Waals surface area contributed by atoms with E-state index >= 15 is 0 Å². The molecule has 3 aromatic rings. The van der Waals surface area contributed by atoms with Crippen LogP contribution in [0, 0.1) is 19.8 Å². The van der Waals surface area contributed by atoms with Crippen LogP contribution in [-0.4, -0.2) is 37.6 Å². The van der Waals surface area contributed by atoms with E-state index in [-0.39, 0.29) is 5.91 Å². The number of hydrogen-bond acceptors (Lipinski definition) is 5. The lowest BCUT2D eigenvalue weighted by atomic mass is 9.79. The van der Waals surface area contributed by atoms with E-state index < -0.39 is 0 Å². The third-order valence-electron chi connectivity index (χ3n) is 5.80. The van der Waals surface area contributed by atoms with Gasteiger partial charge in [-0.15, -0.1) is 0 Å². The summed E-state index contributed by atoms with van der Waals surface area (Å²) in [6, 6.07) is 2.05. The van der Waals surface area contributed by atoms with Crippen molar-refractivity contribution in [2.45, 2.75) is 45.4 Å². The van der Waals surface area contributed by atoms with Crippen LogP contribution in [0.15, 0.2) is 37.1 Å². The van der Waals surface area contributed by atoms with Gasteiger partial charge in [0, 0.05) is 42.3 Å². The second-order valence-electron chi connectivity index (χ2n) is 7.86. The summed E-state index contributed by atoms with van der Waals surface area (Å²) in [5.74, 6) is 0.807. The van der Waals surface area contributed by atoms with Gasteiger partial charge < -0.3 is 5.32 Å². The normalized spacial score (nSPS) is 19.1. The smallest absolute Gasteiger partial charge is 0.271 e. The van der Waals surface area contributed by atoms with Gasteiger partial charge in [-0.05, 0) is 62.6 Å². The molecule has 7 heteroatoms. The number of aryl methyl sites for hydroxylation is 2. The molecule has 0 unspecified atom stereocenters. The second kappa shape index (κ2) is 8.51. The van der Waals surface area contributed by atoms with Gasteiger partial charge in [0.25, 0.3) is 5.91 Å². The van der Waals surface area contributed by atoms with Gasteiger partial charge in [-0.1, -0.05) is 0 Å². The number of aromatic amines is 1. The van der Waals surface area contributed by atoms with Crippen LogP contribution in [0.25, 0.3) is 11.1 Å². The Hall–Kier alpha value is -3.09. The van der Waals surface area contributed by atoms with Gasteiger partial charge in [-0.3, -0.25) is 19.9 Å². The van der Waals surface area contributed by atoms with Crippen molar-refractivity contribution in [3.8, 4) is 11.1 Å². The molecule has 0 aromatic carbocycles. The molecule has 0 radical (unpaired) electrons. The van der Waals surface area contributed by atoms with E-state index in [0.717, 1.165) is 36.9 Å². The van der Waals surface area contributed by atoms with Crippen LogP contribution in [0.2, 0.25) is 0 Å². The van der Waals surface area contributed by atoms with E-state index in [9.17, 15) is 4.79 Å². The van der Waals surface area contributed by atoms with Crippen molar-refractivity contribution in [2.75, 3.05) is 6.54 Å². The van der Waals surface area contributed by atoms with Crippen LogP contribution >= 0.6 is 0 Å². The van der Waals surface area contributed by atoms with Gasteiger partial charge in [0.2, 0.25) is 0 Å². The van der Waals surface area contributed by atoms with E-state index in [2.05, 4.69) is 43.5 Å². The topological polar surface area (TPSA) is 96.5 Å². The molecule has 1 aliphatic rings. The Kier molecular flexibility index (Phi) is 5.64. The minimum atomic E-state index is -0.149. The standard InChI is InChI=1S/C22H26N6O/c1-14-9-23-8-7-18(14)19-12-27-28-21(19)17-5-3-16(4-6-17)11-26-22(29)20-13-24-15(2)10-25-20/h7-10,12-13,16-17H,3-6,11H2,1-2H3,(H,26,29)(H,27,28). The molecule has 0 bridgehead atoms. The number of hydrogen-bond donors (Lipinski definition) is 2. The van der Waals surface area contributed by atoms with E-state index in [4.69, 9.17) is 0 Å². The van der Waals surface area contributed by atoms with Crippen molar-refractivity contribution in [1.29, 1.82) is 0 Å². The first-order chi connectivity index (χ1) is 14.1. The fourth-order valence-electron chi connectivity index (χ4n) is 4.09. The third kappa shape index (κ3) is 4.34. The van der Waals surface area contributed by atoms with E-state index in [1.54, 1.807) is 6.20 Å². The van der Waals surface area contributed by atoms with E-state index in [1.165, 1.54) is 23.0 Å². The van der Waals surface area contributed by atoms with Crippen LogP contribution < -0.4 is 5.32 Å². The first-order valence-corrected chi connectivity index (χ1v) is 10.1. The maximum absolute atomic E-state index is 12.3. The molecule has 1 fully saturated rings. The highest BCUT2D eigenvalue weighted by molar-refractivity contribution is 5.91. The van der Waals surface area contributed by atoms with Gasteiger partial charge in [-0.2, -0.15) is 5.10 Å². The summed E-state index contributed by atoms with van der Waals surface area (Å²) in [5.41, 5.74) is 5.93. The van der Waals surface area contributed by atoms with Gasteiger partial charge in [0.15, 0.2) is 0 Å². The summed E-state index contributed by atoms with van der Waals surface area (Å²) in [6.07, 6.45) is 13.1. The van der Waals surface area contributed by atoms with Crippen molar-refractivity contribution in [1.82, 2.24) is 30.5 Å². The molecule has 0 aliphatic heterocycles. The predicted molar refractivity (Wildman–Crippen MR) is 110 cm³/mol. The summed E-state index contributed by atoms with van der Waals surface area (Å²) >= 11 is 0. The average molecular weight is 390 g/mol.